The SMILES string of the molecule is CC.CCOC(=O)c1nc2n(c(=O)c1OCc1ccccc1)CCS2. The summed E-state index contributed by atoms with van der Waals surface area (Å²) < 4.78 is 12.2. The summed E-state index contributed by atoms with van der Waals surface area (Å²) in [6, 6.07) is 9.44. The zero-order valence-electron chi connectivity index (χ0n) is 14.7. The summed E-state index contributed by atoms with van der Waals surface area (Å²) in [5.41, 5.74) is 0.522. The molecule has 0 unspecified atom stereocenters. The quantitative estimate of drug-likeness (QED) is 0.601. The lowest BCUT2D eigenvalue weighted by atomic mass is 10.2. The van der Waals surface area contributed by atoms with E-state index in [4.69, 9.17) is 9.47 Å². The summed E-state index contributed by atoms with van der Waals surface area (Å²) in [5, 5.41) is 0.533. The molecule has 0 spiro atoms. The minimum Gasteiger partial charge on any atom is -0.481 e. The first-order chi connectivity index (χ1) is 12.2. The van der Waals surface area contributed by atoms with Crippen LogP contribution in [0.1, 0.15) is 36.8 Å². The van der Waals surface area contributed by atoms with Crippen molar-refractivity contribution in [1.82, 2.24) is 9.55 Å². The van der Waals surface area contributed by atoms with Gasteiger partial charge in [0.2, 0.25) is 5.75 Å². The molecule has 0 atom stereocenters. The Morgan fingerprint density at radius 3 is 2.68 bits per heavy atom. The van der Waals surface area contributed by atoms with Crippen molar-refractivity contribution in [1.29, 1.82) is 0 Å². The van der Waals surface area contributed by atoms with Crippen molar-refractivity contribution in [2.45, 2.75) is 39.1 Å². The minimum atomic E-state index is -0.636. The standard InChI is InChI=1S/C16H16N2O4S.C2H6/c1-2-21-15(20)12-13(22-10-11-6-4-3-5-7-11)14(19)18-8-9-23-16(18)17-12;1-2/h3-7H,2,8-10H2,1H3;1-2H3. The van der Waals surface area contributed by atoms with Crippen molar-refractivity contribution < 1.29 is 14.3 Å². The Morgan fingerprint density at radius 2 is 2.00 bits per heavy atom. The van der Waals surface area contributed by atoms with E-state index in [1.807, 2.05) is 44.2 Å². The van der Waals surface area contributed by atoms with Gasteiger partial charge in [-0.1, -0.05) is 55.9 Å². The van der Waals surface area contributed by atoms with Gasteiger partial charge in [0.1, 0.15) is 6.61 Å². The lowest BCUT2D eigenvalue weighted by Gasteiger charge is -2.12. The molecule has 25 heavy (non-hydrogen) atoms. The number of ether oxygens (including phenoxy) is 2. The number of hydrogen-bond acceptors (Lipinski definition) is 6. The number of carbonyl (C=O) groups is 1. The van der Waals surface area contributed by atoms with Crippen molar-refractivity contribution in [2.75, 3.05) is 12.4 Å². The van der Waals surface area contributed by atoms with Crippen LogP contribution in [0.5, 0.6) is 5.75 Å². The molecule has 0 radical (unpaired) electrons. The highest BCUT2D eigenvalue weighted by molar-refractivity contribution is 7.99. The summed E-state index contributed by atoms with van der Waals surface area (Å²) in [6.07, 6.45) is 0. The first-order valence-corrected chi connectivity index (χ1v) is 9.30. The number of nitrogens with zero attached hydrogens (tertiary/aromatic N) is 2. The molecular formula is C18H22N2O4S. The summed E-state index contributed by atoms with van der Waals surface area (Å²) in [7, 11) is 0. The van der Waals surface area contributed by atoms with E-state index in [-0.39, 0.29) is 30.2 Å². The van der Waals surface area contributed by atoms with Crippen LogP contribution in [0, 0.1) is 0 Å². The van der Waals surface area contributed by atoms with E-state index < -0.39 is 5.97 Å². The Labute approximate surface area is 151 Å². The number of hydrogen-bond donors (Lipinski definition) is 0. The van der Waals surface area contributed by atoms with Gasteiger partial charge >= 0.3 is 5.97 Å². The lowest BCUT2D eigenvalue weighted by molar-refractivity contribution is 0.0511. The van der Waals surface area contributed by atoms with E-state index in [9.17, 15) is 9.59 Å². The third-order valence-corrected chi connectivity index (χ3v) is 4.29. The monoisotopic (exact) mass is 362 g/mol. The van der Waals surface area contributed by atoms with Crippen LogP contribution in [0.15, 0.2) is 40.3 Å². The molecule has 0 bridgehead atoms. The number of aromatic nitrogens is 2. The molecule has 134 valence electrons. The second kappa shape index (κ2) is 9.27. The van der Waals surface area contributed by atoms with Gasteiger partial charge < -0.3 is 9.47 Å². The van der Waals surface area contributed by atoms with Crippen LogP contribution >= 0.6 is 11.8 Å². The second-order valence-corrected chi connectivity index (χ2v) is 5.93. The number of thioether (sulfide) groups is 1. The summed E-state index contributed by atoms with van der Waals surface area (Å²) in [5.74, 6) is 0.0780. The van der Waals surface area contributed by atoms with Gasteiger partial charge in [0.05, 0.1) is 6.61 Å². The Hall–Kier alpha value is -2.28. The number of fused-ring (bicyclic) bond motifs is 1. The normalized spacial score (nSPS) is 12.0. The third-order valence-electron chi connectivity index (χ3n) is 3.33. The van der Waals surface area contributed by atoms with Crippen molar-refractivity contribution in [3.05, 3.63) is 51.9 Å². The second-order valence-electron chi connectivity index (χ2n) is 4.87. The molecule has 0 saturated carbocycles. The number of esters is 1. The molecule has 3 rings (SSSR count). The summed E-state index contributed by atoms with van der Waals surface area (Å²) in [4.78, 5) is 29.0. The first-order valence-electron chi connectivity index (χ1n) is 8.32. The highest BCUT2D eigenvalue weighted by atomic mass is 32.2. The Morgan fingerprint density at radius 1 is 1.28 bits per heavy atom. The molecule has 1 aromatic heterocycles. The van der Waals surface area contributed by atoms with Crippen LogP contribution in [0.2, 0.25) is 0 Å². The predicted octanol–water partition coefficient (Wildman–Crippen LogP) is 3.13. The van der Waals surface area contributed by atoms with E-state index in [0.717, 1.165) is 11.3 Å². The number of carbonyl (C=O) groups excluding carboxylic acids is 1. The number of benzene rings is 1. The van der Waals surface area contributed by atoms with E-state index in [1.165, 1.54) is 16.3 Å². The Bertz CT molecular complexity index is 775. The molecule has 0 aliphatic carbocycles. The Kier molecular flexibility index (Phi) is 7.06. The molecule has 0 N–H and O–H groups in total. The summed E-state index contributed by atoms with van der Waals surface area (Å²) in [6.45, 7) is 6.68. The van der Waals surface area contributed by atoms with Gasteiger partial charge in [-0.05, 0) is 12.5 Å². The molecule has 1 aliphatic heterocycles. The molecule has 0 saturated heterocycles. The minimum absolute atomic E-state index is 0.0430. The molecule has 2 aromatic rings. The lowest BCUT2D eigenvalue weighted by Crippen LogP contribution is -2.26. The van der Waals surface area contributed by atoms with Gasteiger partial charge in [-0.2, -0.15) is 0 Å². The molecule has 7 heteroatoms. The first kappa shape index (κ1) is 19.1. The molecular weight excluding hydrogens is 340 g/mol. The molecule has 1 aromatic carbocycles. The van der Waals surface area contributed by atoms with E-state index in [2.05, 4.69) is 4.98 Å². The van der Waals surface area contributed by atoms with Crippen LogP contribution < -0.4 is 10.3 Å². The van der Waals surface area contributed by atoms with Gasteiger partial charge in [0.15, 0.2) is 10.9 Å². The largest absolute Gasteiger partial charge is 0.481 e. The van der Waals surface area contributed by atoms with Crippen LogP contribution in [0.4, 0.5) is 0 Å². The van der Waals surface area contributed by atoms with Crippen molar-refractivity contribution >= 4 is 17.7 Å². The molecule has 6 nitrogen and oxygen atoms in total. The van der Waals surface area contributed by atoms with Crippen LogP contribution in [0.25, 0.3) is 0 Å². The average Bonchev–Trinajstić information content (AvgIpc) is 3.12. The zero-order chi connectivity index (χ0) is 18.2. The third kappa shape index (κ3) is 4.42. The van der Waals surface area contributed by atoms with Crippen molar-refractivity contribution in [3.63, 3.8) is 0 Å². The maximum absolute atomic E-state index is 12.6. The van der Waals surface area contributed by atoms with Gasteiger partial charge in [0, 0.05) is 12.3 Å². The average molecular weight is 362 g/mol. The fraction of sp³-hybridized carbons (Fsp3) is 0.389. The van der Waals surface area contributed by atoms with Gasteiger partial charge in [-0.15, -0.1) is 0 Å². The van der Waals surface area contributed by atoms with Gasteiger partial charge in [-0.3, -0.25) is 9.36 Å². The topological polar surface area (TPSA) is 70.4 Å². The molecule has 2 heterocycles. The van der Waals surface area contributed by atoms with Gasteiger partial charge in [-0.25, -0.2) is 9.78 Å². The van der Waals surface area contributed by atoms with E-state index in [1.54, 1.807) is 6.92 Å². The van der Waals surface area contributed by atoms with Crippen LogP contribution in [-0.2, 0) is 17.9 Å². The smallest absolute Gasteiger partial charge is 0.361 e. The van der Waals surface area contributed by atoms with Crippen LogP contribution in [0.3, 0.4) is 0 Å². The maximum atomic E-state index is 12.6. The summed E-state index contributed by atoms with van der Waals surface area (Å²) >= 11 is 1.44. The fourth-order valence-electron chi connectivity index (χ4n) is 2.25. The maximum Gasteiger partial charge on any atom is 0.361 e. The van der Waals surface area contributed by atoms with Crippen molar-refractivity contribution in [2.24, 2.45) is 0 Å². The zero-order valence-corrected chi connectivity index (χ0v) is 15.5. The molecule has 1 aliphatic rings. The molecule has 0 fully saturated rings. The van der Waals surface area contributed by atoms with Crippen molar-refractivity contribution in [3.8, 4) is 5.75 Å². The van der Waals surface area contributed by atoms with E-state index in [0.29, 0.717) is 11.7 Å². The fourth-order valence-corrected chi connectivity index (χ4v) is 3.19. The number of rotatable bonds is 5. The Balaban J connectivity index is 0.00000109. The van der Waals surface area contributed by atoms with E-state index >= 15 is 0 Å². The highest BCUT2D eigenvalue weighted by Crippen LogP contribution is 2.25. The van der Waals surface area contributed by atoms with Gasteiger partial charge in [0.25, 0.3) is 5.56 Å². The highest BCUT2D eigenvalue weighted by Gasteiger charge is 2.26. The predicted molar refractivity (Wildman–Crippen MR) is 97.3 cm³/mol. The van der Waals surface area contributed by atoms with Crippen LogP contribution in [-0.4, -0.2) is 27.9 Å². The molecule has 0 amide bonds.